The van der Waals surface area contributed by atoms with Crippen LogP contribution in [0.25, 0.3) is 0 Å². The summed E-state index contributed by atoms with van der Waals surface area (Å²) in [6.07, 6.45) is 0. The molecule has 1 amide bonds. The zero-order valence-electron chi connectivity index (χ0n) is 11.7. The number of rotatable bonds is 4. The van der Waals surface area contributed by atoms with Crippen LogP contribution in [0.15, 0.2) is 48.5 Å². The molecule has 0 atom stereocenters. The number of carboxylic acid groups (broad SMARTS) is 1. The second kappa shape index (κ2) is 6.09. The molecule has 1 N–H and O–H groups in total. The maximum Gasteiger partial charge on any atom is 0.336 e. The van der Waals surface area contributed by atoms with Crippen LogP contribution in [-0.2, 0) is 0 Å². The molecule has 0 saturated heterocycles. The number of carbonyl (C=O) groups excluding carboxylic acids is 1. The molecular weight excluding hydrogens is 270 g/mol. The maximum atomic E-state index is 12.5. The van der Waals surface area contributed by atoms with E-state index in [9.17, 15) is 14.7 Å². The number of hydrogen-bond acceptors (Lipinski definition) is 3. The second-order valence-corrected chi connectivity index (χ2v) is 4.39. The Kier molecular flexibility index (Phi) is 4.23. The minimum absolute atomic E-state index is 0.0238. The predicted molar refractivity (Wildman–Crippen MR) is 79.1 cm³/mol. The van der Waals surface area contributed by atoms with Gasteiger partial charge in [-0.15, -0.1) is 0 Å². The van der Waals surface area contributed by atoms with Crippen molar-refractivity contribution in [2.24, 2.45) is 0 Å². The van der Waals surface area contributed by atoms with Gasteiger partial charge >= 0.3 is 5.97 Å². The third kappa shape index (κ3) is 2.86. The van der Waals surface area contributed by atoms with Crippen LogP contribution in [0.2, 0.25) is 0 Å². The topological polar surface area (TPSA) is 66.8 Å². The molecule has 0 spiro atoms. The van der Waals surface area contributed by atoms with Gasteiger partial charge in [0, 0.05) is 7.05 Å². The van der Waals surface area contributed by atoms with Crippen molar-refractivity contribution in [3.63, 3.8) is 0 Å². The van der Waals surface area contributed by atoms with Gasteiger partial charge in [0.25, 0.3) is 5.91 Å². The smallest absolute Gasteiger partial charge is 0.336 e. The van der Waals surface area contributed by atoms with E-state index >= 15 is 0 Å². The van der Waals surface area contributed by atoms with Crippen LogP contribution in [0.4, 0.5) is 5.69 Å². The van der Waals surface area contributed by atoms with Crippen LogP contribution in [0.1, 0.15) is 20.7 Å². The lowest BCUT2D eigenvalue weighted by atomic mass is 10.1. The number of carbonyl (C=O) groups is 2. The minimum atomic E-state index is -1.13. The molecule has 0 aromatic heterocycles. The minimum Gasteiger partial charge on any atom is -0.495 e. The van der Waals surface area contributed by atoms with Gasteiger partial charge in [-0.2, -0.15) is 0 Å². The molecular formula is C16H15NO4. The molecule has 5 nitrogen and oxygen atoms in total. The molecule has 0 heterocycles. The molecule has 0 saturated carbocycles. The Morgan fingerprint density at radius 3 is 2.19 bits per heavy atom. The first-order chi connectivity index (χ1) is 10.1. The molecule has 0 aliphatic carbocycles. The van der Waals surface area contributed by atoms with Gasteiger partial charge in [-0.05, 0) is 24.3 Å². The molecule has 0 bridgehead atoms. The van der Waals surface area contributed by atoms with Gasteiger partial charge in [-0.1, -0.05) is 24.3 Å². The number of methoxy groups -OCH3 is 1. The number of hydrogen-bond donors (Lipinski definition) is 1. The number of para-hydroxylation sites is 2. The number of benzene rings is 2. The number of nitrogens with zero attached hydrogens (tertiary/aromatic N) is 1. The zero-order valence-corrected chi connectivity index (χ0v) is 11.7. The van der Waals surface area contributed by atoms with Crippen molar-refractivity contribution >= 4 is 17.6 Å². The Balaban J connectivity index is 2.43. The lowest BCUT2D eigenvalue weighted by Gasteiger charge is -2.20. The number of amides is 1. The maximum absolute atomic E-state index is 12.5. The van der Waals surface area contributed by atoms with Crippen molar-refractivity contribution in [1.82, 2.24) is 0 Å². The first-order valence-electron chi connectivity index (χ1n) is 6.29. The van der Waals surface area contributed by atoms with E-state index in [0.717, 1.165) is 0 Å². The van der Waals surface area contributed by atoms with Crippen LogP contribution in [0, 0.1) is 0 Å². The van der Waals surface area contributed by atoms with Gasteiger partial charge in [0.15, 0.2) is 0 Å². The lowest BCUT2D eigenvalue weighted by molar-refractivity contribution is 0.0692. The molecule has 0 aliphatic rings. The molecule has 2 aromatic rings. The van der Waals surface area contributed by atoms with Gasteiger partial charge in [0.05, 0.1) is 23.9 Å². The summed E-state index contributed by atoms with van der Waals surface area (Å²) >= 11 is 0. The van der Waals surface area contributed by atoms with E-state index in [1.807, 2.05) is 0 Å². The summed E-state index contributed by atoms with van der Waals surface area (Å²) in [7, 11) is 3.10. The summed E-state index contributed by atoms with van der Waals surface area (Å²) in [6, 6.07) is 13.2. The van der Waals surface area contributed by atoms with E-state index in [0.29, 0.717) is 11.4 Å². The van der Waals surface area contributed by atoms with E-state index in [1.165, 1.54) is 24.1 Å². The summed E-state index contributed by atoms with van der Waals surface area (Å²) in [4.78, 5) is 25.1. The summed E-state index contributed by atoms with van der Waals surface area (Å²) in [5, 5.41) is 9.17. The summed E-state index contributed by atoms with van der Waals surface area (Å²) in [6.45, 7) is 0. The quantitative estimate of drug-likeness (QED) is 0.937. The van der Waals surface area contributed by atoms with Gasteiger partial charge in [-0.3, -0.25) is 4.79 Å². The van der Waals surface area contributed by atoms with Gasteiger partial charge < -0.3 is 14.7 Å². The van der Waals surface area contributed by atoms with E-state index in [-0.39, 0.29) is 11.1 Å². The van der Waals surface area contributed by atoms with Crippen molar-refractivity contribution in [2.45, 2.75) is 0 Å². The SMILES string of the molecule is COc1ccccc1N(C)C(=O)c1ccccc1C(=O)O. The normalized spacial score (nSPS) is 10.0. The van der Waals surface area contributed by atoms with Crippen molar-refractivity contribution in [3.05, 3.63) is 59.7 Å². The van der Waals surface area contributed by atoms with Crippen LogP contribution in [0.5, 0.6) is 5.75 Å². The summed E-state index contributed by atoms with van der Waals surface area (Å²) in [5.41, 5.74) is 0.688. The number of ether oxygens (including phenoxy) is 1. The summed E-state index contributed by atoms with van der Waals surface area (Å²) in [5.74, 6) is -0.994. The highest BCUT2D eigenvalue weighted by Gasteiger charge is 2.21. The Morgan fingerprint density at radius 1 is 1.00 bits per heavy atom. The predicted octanol–water partition coefficient (Wildman–Crippen LogP) is 2.67. The molecule has 0 unspecified atom stereocenters. The molecule has 21 heavy (non-hydrogen) atoms. The number of anilines is 1. The average molecular weight is 285 g/mol. The van der Waals surface area contributed by atoms with Crippen LogP contribution in [-0.4, -0.2) is 31.1 Å². The fraction of sp³-hybridized carbons (Fsp3) is 0.125. The molecule has 0 fully saturated rings. The van der Waals surface area contributed by atoms with E-state index in [1.54, 1.807) is 43.4 Å². The first-order valence-corrected chi connectivity index (χ1v) is 6.29. The highest BCUT2D eigenvalue weighted by molar-refractivity contribution is 6.12. The fourth-order valence-electron chi connectivity index (χ4n) is 2.05. The third-order valence-electron chi connectivity index (χ3n) is 3.14. The second-order valence-electron chi connectivity index (χ2n) is 4.39. The van der Waals surface area contributed by atoms with E-state index in [2.05, 4.69) is 0 Å². The molecule has 0 aliphatic heterocycles. The highest BCUT2D eigenvalue weighted by Crippen LogP contribution is 2.28. The van der Waals surface area contributed by atoms with E-state index in [4.69, 9.17) is 4.74 Å². The molecule has 2 aromatic carbocycles. The largest absolute Gasteiger partial charge is 0.495 e. The highest BCUT2D eigenvalue weighted by atomic mass is 16.5. The van der Waals surface area contributed by atoms with Crippen LogP contribution in [0.3, 0.4) is 0 Å². The molecule has 2 rings (SSSR count). The van der Waals surface area contributed by atoms with Crippen molar-refractivity contribution in [2.75, 3.05) is 19.1 Å². The zero-order chi connectivity index (χ0) is 15.4. The Hall–Kier alpha value is -2.82. The molecule has 108 valence electrons. The lowest BCUT2D eigenvalue weighted by Crippen LogP contribution is -2.28. The number of carboxylic acids is 1. The Bertz CT molecular complexity index is 681. The standard InChI is InChI=1S/C16H15NO4/c1-17(13-9-5-6-10-14(13)21-2)15(18)11-7-3-4-8-12(11)16(19)20/h3-10H,1-2H3,(H,19,20). The monoisotopic (exact) mass is 285 g/mol. The first kappa shape index (κ1) is 14.6. The Morgan fingerprint density at radius 2 is 1.57 bits per heavy atom. The van der Waals surface area contributed by atoms with Crippen LogP contribution < -0.4 is 9.64 Å². The van der Waals surface area contributed by atoms with Crippen molar-refractivity contribution < 1.29 is 19.4 Å². The fourth-order valence-corrected chi connectivity index (χ4v) is 2.05. The van der Waals surface area contributed by atoms with Crippen molar-refractivity contribution in [1.29, 1.82) is 0 Å². The molecule has 0 radical (unpaired) electrons. The average Bonchev–Trinajstić information content (AvgIpc) is 2.53. The van der Waals surface area contributed by atoms with Gasteiger partial charge in [0.1, 0.15) is 5.75 Å². The summed E-state index contributed by atoms with van der Waals surface area (Å²) < 4.78 is 5.22. The van der Waals surface area contributed by atoms with Gasteiger partial charge in [0.2, 0.25) is 0 Å². The van der Waals surface area contributed by atoms with Crippen LogP contribution >= 0.6 is 0 Å². The van der Waals surface area contributed by atoms with E-state index < -0.39 is 11.9 Å². The third-order valence-corrected chi connectivity index (χ3v) is 3.14. The number of aromatic carboxylic acids is 1. The Labute approximate surface area is 122 Å². The van der Waals surface area contributed by atoms with Gasteiger partial charge in [-0.25, -0.2) is 4.79 Å². The van der Waals surface area contributed by atoms with Crippen molar-refractivity contribution in [3.8, 4) is 5.75 Å². The molecule has 5 heteroatoms.